The highest BCUT2D eigenvalue weighted by Crippen LogP contribution is 2.40. The summed E-state index contributed by atoms with van der Waals surface area (Å²) < 4.78 is 15.9. The zero-order chi connectivity index (χ0) is 14.3. The van der Waals surface area contributed by atoms with Crippen molar-refractivity contribution in [2.75, 3.05) is 39.8 Å². The third-order valence-corrected chi connectivity index (χ3v) is 2.87. The van der Waals surface area contributed by atoms with Gasteiger partial charge in [-0.05, 0) is 6.42 Å². The van der Waals surface area contributed by atoms with Crippen LogP contribution < -0.4 is 19.1 Å². The highest BCUT2D eigenvalue weighted by atomic mass is 16.5. The minimum absolute atomic E-state index is 0.550. The summed E-state index contributed by atoms with van der Waals surface area (Å²) in [7, 11) is 6.74. The maximum absolute atomic E-state index is 8.56. The van der Waals surface area contributed by atoms with Gasteiger partial charge in [-0.3, -0.25) is 0 Å². The molecule has 0 amide bonds. The van der Waals surface area contributed by atoms with E-state index in [0.717, 1.165) is 18.7 Å². The Morgan fingerprint density at radius 2 is 1.68 bits per heavy atom. The molecule has 0 fully saturated rings. The molecule has 1 rings (SSSR count). The molecule has 0 saturated carbocycles. The molecule has 5 nitrogen and oxygen atoms in total. The van der Waals surface area contributed by atoms with Gasteiger partial charge in [0.1, 0.15) is 0 Å². The van der Waals surface area contributed by atoms with Crippen molar-refractivity contribution < 1.29 is 14.2 Å². The van der Waals surface area contributed by atoms with Crippen LogP contribution in [-0.4, -0.2) is 34.9 Å². The van der Waals surface area contributed by atoms with Gasteiger partial charge < -0.3 is 19.1 Å². The second-order valence-electron chi connectivity index (χ2n) is 4.07. The molecular weight excluding hydrogens is 244 g/mol. The molecule has 0 spiro atoms. The summed E-state index contributed by atoms with van der Waals surface area (Å²) in [6.07, 6.45) is 1.37. The lowest BCUT2D eigenvalue weighted by molar-refractivity contribution is 0.324. The van der Waals surface area contributed by atoms with E-state index in [4.69, 9.17) is 19.5 Å². The lowest BCUT2D eigenvalue weighted by atomic mass is 10.2. The van der Waals surface area contributed by atoms with Crippen molar-refractivity contribution >= 4 is 5.69 Å². The quantitative estimate of drug-likeness (QED) is 0.708. The van der Waals surface area contributed by atoms with E-state index in [0.29, 0.717) is 23.7 Å². The summed E-state index contributed by atoms with van der Waals surface area (Å²) >= 11 is 0. The molecule has 0 atom stereocenters. The zero-order valence-electron chi connectivity index (χ0n) is 11.9. The first-order chi connectivity index (χ1) is 9.17. The number of nitrogens with zero attached hydrogens (tertiary/aromatic N) is 2. The van der Waals surface area contributed by atoms with E-state index in [2.05, 4.69) is 11.0 Å². The highest BCUT2D eigenvalue weighted by molar-refractivity contribution is 5.63. The SMILES string of the molecule is COc1cc(N(C)CCCC#N)cc(OC)c1OC. The topological polar surface area (TPSA) is 54.7 Å². The van der Waals surface area contributed by atoms with Gasteiger partial charge in [-0.2, -0.15) is 5.26 Å². The maximum Gasteiger partial charge on any atom is 0.203 e. The molecule has 0 radical (unpaired) electrons. The minimum Gasteiger partial charge on any atom is -0.493 e. The van der Waals surface area contributed by atoms with Gasteiger partial charge in [-0.25, -0.2) is 0 Å². The third-order valence-electron chi connectivity index (χ3n) is 2.87. The number of unbranched alkanes of at least 4 members (excludes halogenated alkanes) is 1. The van der Waals surface area contributed by atoms with E-state index in [1.165, 1.54) is 0 Å². The van der Waals surface area contributed by atoms with Crippen molar-refractivity contribution in [3.05, 3.63) is 12.1 Å². The molecule has 104 valence electrons. The molecule has 0 N–H and O–H groups in total. The van der Waals surface area contributed by atoms with Gasteiger partial charge in [-0.15, -0.1) is 0 Å². The number of methoxy groups -OCH3 is 3. The Bertz CT molecular complexity index is 429. The summed E-state index contributed by atoms with van der Waals surface area (Å²) in [5.41, 5.74) is 0.965. The van der Waals surface area contributed by atoms with Crippen LogP contribution in [-0.2, 0) is 0 Å². The molecular formula is C14H20N2O3. The van der Waals surface area contributed by atoms with Gasteiger partial charge >= 0.3 is 0 Å². The van der Waals surface area contributed by atoms with E-state index < -0.39 is 0 Å². The van der Waals surface area contributed by atoms with Gasteiger partial charge in [0.05, 0.1) is 27.4 Å². The van der Waals surface area contributed by atoms with Crippen molar-refractivity contribution in [2.45, 2.75) is 12.8 Å². The van der Waals surface area contributed by atoms with Gasteiger partial charge in [0.25, 0.3) is 0 Å². The Hall–Kier alpha value is -2.09. The Labute approximate surface area is 114 Å². The number of benzene rings is 1. The van der Waals surface area contributed by atoms with Crippen LogP contribution in [0.5, 0.6) is 17.2 Å². The summed E-state index contributed by atoms with van der Waals surface area (Å²) in [6, 6.07) is 5.93. The molecule has 0 aliphatic carbocycles. The molecule has 0 saturated heterocycles. The fraction of sp³-hybridized carbons (Fsp3) is 0.500. The van der Waals surface area contributed by atoms with Crippen molar-refractivity contribution in [3.63, 3.8) is 0 Å². The maximum atomic E-state index is 8.56. The lowest BCUT2D eigenvalue weighted by Crippen LogP contribution is -2.18. The monoisotopic (exact) mass is 264 g/mol. The van der Waals surface area contributed by atoms with Gasteiger partial charge in [-0.1, -0.05) is 0 Å². The second-order valence-corrected chi connectivity index (χ2v) is 4.07. The van der Waals surface area contributed by atoms with Crippen molar-refractivity contribution in [1.29, 1.82) is 5.26 Å². The molecule has 0 heterocycles. The van der Waals surface area contributed by atoms with E-state index in [-0.39, 0.29) is 0 Å². The van der Waals surface area contributed by atoms with Crippen LogP contribution in [0.15, 0.2) is 12.1 Å². The van der Waals surface area contributed by atoms with E-state index in [9.17, 15) is 0 Å². The zero-order valence-corrected chi connectivity index (χ0v) is 11.9. The van der Waals surface area contributed by atoms with E-state index in [1.54, 1.807) is 21.3 Å². The molecule has 0 bridgehead atoms. The molecule has 0 aliphatic rings. The average Bonchev–Trinajstić information content (AvgIpc) is 2.45. The van der Waals surface area contributed by atoms with Crippen LogP contribution >= 0.6 is 0 Å². The van der Waals surface area contributed by atoms with Crippen LogP contribution in [0, 0.1) is 11.3 Å². The normalized spacial score (nSPS) is 9.63. The van der Waals surface area contributed by atoms with Crippen LogP contribution in [0.25, 0.3) is 0 Å². The van der Waals surface area contributed by atoms with Gasteiger partial charge in [0.15, 0.2) is 11.5 Å². The fourth-order valence-electron chi connectivity index (χ4n) is 1.81. The Morgan fingerprint density at radius 3 is 2.11 bits per heavy atom. The first kappa shape index (κ1) is 15.0. The largest absolute Gasteiger partial charge is 0.493 e. The number of rotatable bonds is 7. The molecule has 0 aliphatic heterocycles. The third kappa shape index (κ3) is 3.68. The number of hydrogen-bond acceptors (Lipinski definition) is 5. The minimum atomic E-state index is 0.550. The predicted molar refractivity (Wildman–Crippen MR) is 74.2 cm³/mol. The Balaban J connectivity index is 2.99. The van der Waals surface area contributed by atoms with Crippen molar-refractivity contribution in [1.82, 2.24) is 0 Å². The number of nitriles is 1. The summed E-state index contributed by atoms with van der Waals surface area (Å²) in [5, 5.41) is 8.56. The van der Waals surface area contributed by atoms with E-state index in [1.807, 2.05) is 19.2 Å². The average molecular weight is 264 g/mol. The smallest absolute Gasteiger partial charge is 0.203 e. The fourth-order valence-corrected chi connectivity index (χ4v) is 1.81. The first-order valence-corrected chi connectivity index (χ1v) is 6.06. The molecule has 5 heteroatoms. The predicted octanol–water partition coefficient (Wildman–Crippen LogP) is 2.45. The number of ether oxygens (including phenoxy) is 3. The molecule has 1 aromatic carbocycles. The molecule has 1 aromatic rings. The van der Waals surface area contributed by atoms with Crippen LogP contribution in [0.2, 0.25) is 0 Å². The van der Waals surface area contributed by atoms with E-state index >= 15 is 0 Å². The van der Waals surface area contributed by atoms with Crippen LogP contribution in [0.4, 0.5) is 5.69 Å². The van der Waals surface area contributed by atoms with Crippen molar-refractivity contribution in [2.24, 2.45) is 0 Å². The molecule has 0 unspecified atom stereocenters. The lowest BCUT2D eigenvalue weighted by Gasteiger charge is -2.21. The Kier molecular flexibility index (Phi) is 5.80. The van der Waals surface area contributed by atoms with Crippen LogP contribution in [0.1, 0.15) is 12.8 Å². The number of anilines is 1. The highest BCUT2D eigenvalue weighted by Gasteiger charge is 2.14. The Morgan fingerprint density at radius 1 is 1.11 bits per heavy atom. The summed E-state index contributed by atoms with van der Waals surface area (Å²) in [6.45, 7) is 0.798. The van der Waals surface area contributed by atoms with Gasteiger partial charge in [0, 0.05) is 37.8 Å². The standard InChI is InChI=1S/C14H20N2O3/c1-16(8-6-5-7-15)11-9-12(17-2)14(19-4)13(10-11)18-3/h9-10H,5-6,8H2,1-4H3. The summed E-state index contributed by atoms with van der Waals surface area (Å²) in [5.74, 6) is 1.84. The summed E-state index contributed by atoms with van der Waals surface area (Å²) in [4.78, 5) is 2.06. The molecule has 19 heavy (non-hydrogen) atoms. The van der Waals surface area contributed by atoms with Crippen molar-refractivity contribution in [3.8, 4) is 23.3 Å². The second kappa shape index (κ2) is 7.37. The van der Waals surface area contributed by atoms with Gasteiger partial charge in [0.2, 0.25) is 5.75 Å². The number of hydrogen-bond donors (Lipinski definition) is 0. The first-order valence-electron chi connectivity index (χ1n) is 6.06. The van der Waals surface area contributed by atoms with Crippen LogP contribution in [0.3, 0.4) is 0 Å². The molecule has 0 aromatic heterocycles.